The van der Waals surface area contributed by atoms with E-state index in [0.717, 1.165) is 0 Å². The number of nitrogens with zero attached hydrogens (tertiary/aromatic N) is 2. The molecule has 1 atom stereocenters. The summed E-state index contributed by atoms with van der Waals surface area (Å²) in [6.07, 6.45) is 0.229. The number of benzene rings is 1. The molecule has 1 aromatic carbocycles. The molecule has 1 aliphatic rings. The standard InChI is InChI=1S/C11H9FN2O/c12-9-2-1-3-10(5-9)14-7-8(6-13)4-11(14)15/h1-3,5,8H,4,7H2. The largest absolute Gasteiger partial charge is 0.311 e. The second-order valence-electron chi connectivity index (χ2n) is 3.51. The Morgan fingerprint density at radius 1 is 1.53 bits per heavy atom. The lowest BCUT2D eigenvalue weighted by Crippen LogP contribution is -2.24. The van der Waals surface area contributed by atoms with Gasteiger partial charge in [-0.05, 0) is 18.2 Å². The van der Waals surface area contributed by atoms with Crippen molar-refractivity contribution in [1.29, 1.82) is 5.26 Å². The number of carbonyl (C=O) groups is 1. The molecule has 1 heterocycles. The third-order valence-corrected chi connectivity index (χ3v) is 2.43. The zero-order valence-electron chi connectivity index (χ0n) is 7.98. The first-order valence-corrected chi connectivity index (χ1v) is 4.66. The number of halogens is 1. The van der Waals surface area contributed by atoms with Crippen molar-refractivity contribution >= 4 is 11.6 Å². The van der Waals surface area contributed by atoms with Gasteiger partial charge in [-0.1, -0.05) is 6.07 Å². The second kappa shape index (κ2) is 3.70. The lowest BCUT2D eigenvalue weighted by atomic mass is 10.1. The van der Waals surface area contributed by atoms with Gasteiger partial charge >= 0.3 is 0 Å². The van der Waals surface area contributed by atoms with Crippen molar-refractivity contribution in [3.05, 3.63) is 30.1 Å². The van der Waals surface area contributed by atoms with Crippen LogP contribution in [0.1, 0.15) is 6.42 Å². The van der Waals surface area contributed by atoms with Gasteiger partial charge in [-0.3, -0.25) is 4.79 Å². The quantitative estimate of drug-likeness (QED) is 0.698. The first-order chi connectivity index (χ1) is 7.20. The molecular weight excluding hydrogens is 195 g/mol. The maximum atomic E-state index is 12.9. The van der Waals surface area contributed by atoms with Gasteiger partial charge in [0.15, 0.2) is 0 Å². The van der Waals surface area contributed by atoms with Gasteiger partial charge in [0.05, 0.1) is 12.0 Å². The van der Waals surface area contributed by atoms with Crippen LogP contribution in [0, 0.1) is 23.1 Å². The molecule has 0 bridgehead atoms. The summed E-state index contributed by atoms with van der Waals surface area (Å²) in [5.74, 6) is -0.770. The first kappa shape index (κ1) is 9.66. The van der Waals surface area contributed by atoms with E-state index in [0.29, 0.717) is 12.2 Å². The van der Waals surface area contributed by atoms with Gasteiger partial charge in [-0.2, -0.15) is 5.26 Å². The van der Waals surface area contributed by atoms with Gasteiger partial charge < -0.3 is 4.90 Å². The maximum Gasteiger partial charge on any atom is 0.228 e. The molecule has 0 aromatic heterocycles. The van der Waals surface area contributed by atoms with Crippen LogP contribution in [0.3, 0.4) is 0 Å². The van der Waals surface area contributed by atoms with Crippen LogP contribution in [0.15, 0.2) is 24.3 Å². The molecule has 1 aliphatic heterocycles. The van der Waals surface area contributed by atoms with E-state index in [-0.39, 0.29) is 24.1 Å². The van der Waals surface area contributed by atoms with E-state index in [1.807, 2.05) is 0 Å². The van der Waals surface area contributed by atoms with Crippen LogP contribution in [0.25, 0.3) is 0 Å². The molecule has 15 heavy (non-hydrogen) atoms. The summed E-state index contributed by atoms with van der Waals surface area (Å²) < 4.78 is 12.9. The van der Waals surface area contributed by atoms with E-state index in [1.54, 1.807) is 12.1 Å². The Balaban J connectivity index is 2.26. The van der Waals surface area contributed by atoms with Crippen molar-refractivity contribution in [3.8, 4) is 6.07 Å². The number of rotatable bonds is 1. The minimum atomic E-state index is -0.374. The van der Waals surface area contributed by atoms with E-state index in [1.165, 1.54) is 17.0 Å². The van der Waals surface area contributed by atoms with Crippen LogP contribution < -0.4 is 4.90 Å². The van der Waals surface area contributed by atoms with Crippen molar-refractivity contribution < 1.29 is 9.18 Å². The smallest absolute Gasteiger partial charge is 0.228 e. The molecule has 1 aromatic rings. The number of hydrogen-bond acceptors (Lipinski definition) is 2. The minimum Gasteiger partial charge on any atom is -0.311 e. The van der Waals surface area contributed by atoms with E-state index >= 15 is 0 Å². The highest BCUT2D eigenvalue weighted by Crippen LogP contribution is 2.24. The van der Waals surface area contributed by atoms with Gasteiger partial charge in [0, 0.05) is 18.7 Å². The SMILES string of the molecule is N#CC1CC(=O)N(c2cccc(F)c2)C1. The zero-order chi connectivity index (χ0) is 10.8. The third kappa shape index (κ3) is 1.82. The summed E-state index contributed by atoms with van der Waals surface area (Å²) in [6.45, 7) is 0.360. The van der Waals surface area contributed by atoms with Crippen molar-refractivity contribution in [3.63, 3.8) is 0 Å². The van der Waals surface area contributed by atoms with Crippen LogP contribution >= 0.6 is 0 Å². The monoisotopic (exact) mass is 204 g/mol. The summed E-state index contributed by atoms with van der Waals surface area (Å²) >= 11 is 0. The Kier molecular flexibility index (Phi) is 2.38. The van der Waals surface area contributed by atoms with E-state index in [4.69, 9.17) is 5.26 Å². The average Bonchev–Trinajstić information content (AvgIpc) is 2.60. The number of amides is 1. The summed E-state index contributed by atoms with van der Waals surface area (Å²) in [7, 11) is 0. The van der Waals surface area contributed by atoms with Crippen molar-refractivity contribution in [2.24, 2.45) is 5.92 Å². The molecule has 2 rings (SSSR count). The van der Waals surface area contributed by atoms with E-state index in [2.05, 4.69) is 6.07 Å². The fourth-order valence-electron chi connectivity index (χ4n) is 1.69. The highest BCUT2D eigenvalue weighted by molar-refractivity contribution is 5.96. The van der Waals surface area contributed by atoms with Crippen LogP contribution in [0.4, 0.5) is 10.1 Å². The number of anilines is 1. The fourth-order valence-corrected chi connectivity index (χ4v) is 1.69. The van der Waals surface area contributed by atoms with Gasteiger partial charge in [0.25, 0.3) is 0 Å². The second-order valence-corrected chi connectivity index (χ2v) is 3.51. The van der Waals surface area contributed by atoms with Crippen molar-refractivity contribution in [2.45, 2.75) is 6.42 Å². The Morgan fingerprint density at radius 3 is 2.93 bits per heavy atom. The molecule has 0 radical (unpaired) electrons. The van der Waals surface area contributed by atoms with Crippen LogP contribution in [-0.4, -0.2) is 12.5 Å². The normalized spacial score (nSPS) is 20.4. The van der Waals surface area contributed by atoms with Gasteiger partial charge in [-0.25, -0.2) is 4.39 Å². The Morgan fingerprint density at radius 2 is 2.33 bits per heavy atom. The fraction of sp³-hybridized carbons (Fsp3) is 0.273. The van der Waals surface area contributed by atoms with Crippen molar-refractivity contribution in [2.75, 3.05) is 11.4 Å². The minimum absolute atomic E-state index is 0.118. The molecule has 3 nitrogen and oxygen atoms in total. The van der Waals surface area contributed by atoms with Crippen LogP contribution in [0.5, 0.6) is 0 Å². The average molecular weight is 204 g/mol. The van der Waals surface area contributed by atoms with Gasteiger partial charge in [0.1, 0.15) is 5.82 Å². The molecule has 1 fully saturated rings. The van der Waals surface area contributed by atoms with Crippen LogP contribution in [0.2, 0.25) is 0 Å². The summed E-state index contributed by atoms with van der Waals surface area (Å²) in [6, 6.07) is 7.90. The summed E-state index contributed by atoms with van der Waals surface area (Å²) in [4.78, 5) is 13.0. The molecular formula is C11H9FN2O. The topological polar surface area (TPSA) is 44.1 Å². The van der Waals surface area contributed by atoms with Gasteiger partial charge in [-0.15, -0.1) is 0 Å². The first-order valence-electron chi connectivity index (χ1n) is 4.66. The number of nitriles is 1. The molecule has 1 unspecified atom stereocenters. The summed E-state index contributed by atoms with van der Waals surface area (Å²) in [5, 5.41) is 8.70. The summed E-state index contributed by atoms with van der Waals surface area (Å²) in [5.41, 5.74) is 0.526. The molecule has 4 heteroatoms. The maximum absolute atomic E-state index is 12.9. The number of hydrogen-bond donors (Lipinski definition) is 0. The van der Waals surface area contributed by atoms with E-state index < -0.39 is 0 Å². The molecule has 0 aliphatic carbocycles. The van der Waals surface area contributed by atoms with E-state index in [9.17, 15) is 9.18 Å². The lowest BCUT2D eigenvalue weighted by Gasteiger charge is -2.15. The highest BCUT2D eigenvalue weighted by atomic mass is 19.1. The highest BCUT2D eigenvalue weighted by Gasteiger charge is 2.30. The molecule has 1 amide bonds. The predicted octanol–water partition coefficient (Wildman–Crippen LogP) is 1.70. The third-order valence-electron chi connectivity index (χ3n) is 2.43. The van der Waals surface area contributed by atoms with Crippen LogP contribution in [-0.2, 0) is 4.79 Å². The molecule has 0 N–H and O–H groups in total. The Hall–Kier alpha value is -1.89. The molecule has 0 saturated carbocycles. The predicted molar refractivity (Wildman–Crippen MR) is 52.5 cm³/mol. The Bertz CT molecular complexity index is 438. The Labute approximate surface area is 86.7 Å². The van der Waals surface area contributed by atoms with Gasteiger partial charge in [0.2, 0.25) is 5.91 Å². The van der Waals surface area contributed by atoms with Crippen molar-refractivity contribution in [1.82, 2.24) is 0 Å². The molecule has 76 valence electrons. The lowest BCUT2D eigenvalue weighted by molar-refractivity contribution is -0.117. The molecule has 0 spiro atoms. The molecule has 1 saturated heterocycles. The number of carbonyl (C=O) groups excluding carboxylic acids is 1. The zero-order valence-corrected chi connectivity index (χ0v) is 7.98.